The van der Waals surface area contributed by atoms with Crippen molar-refractivity contribution in [3.63, 3.8) is 0 Å². The highest BCUT2D eigenvalue weighted by molar-refractivity contribution is 5.78. The zero-order valence-electron chi connectivity index (χ0n) is 11.3. The molecule has 0 unspecified atom stereocenters. The second kappa shape index (κ2) is 4.92. The molecule has 102 valence electrons. The van der Waals surface area contributed by atoms with Crippen LogP contribution in [0.3, 0.4) is 0 Å². The Hall–Kier alpha value is -2.43. The van der Waals surface area contributed by atoms with Crippen molar-refractivity contribution in [2.75, 3.05) is 7.11 Å². The molecule has 3 aromatic rings. The summed E-state index contributed by atoms with van der Waals surface area (Å²) in [6, 6.07) is 9.23. The van der Waals surface area contributed by atoms with E-state index in [0.29, 0.717) is 12.2 Å². The summed E-state index contributed by atoms with van der Waals surface area (Å²) in [6.45, 7) is 2.45. The number of hydrogen-bond acceptors (Lipinski definition) is 3. The van der Waals surface area contributed by atoms with Gasteiger partial charge in [0.15, 0.2) is 5.65 Å². The van der Waals surface area contributed by atoms with Gasteiger partial charge in [0.25, 0.3) is 0 Å². The summed E-state index contributed by atoms with van der Waals surface area (Å²) in [7, 11) is 1.64. The molecular formula is C15H14FN3O. The molecule has 0 atom stereocenters. The van der Waals surface area contributed by atoms with Crippen molar-refractivity contribution in [1.29, 1.82) is 0 Å². The third kappa shape index (κ3) is 2.22. The Morgan fingerprint density at radius 3 is 2.70 bits per heavy atom. The molecule has 0 N–H and O–H groups in total. The van der Waals surface area contributed by atoms with Crippen molar-refractivity contribution < 1.29 is 9.13 Å². The van der Waals surface area contributed by atoms with Crippen molar-refractivity contribution >= 4 is 11.0 Å². The number of hydrogen-bond donors (Lipinski definition) is 0. The van der Waals surface area contributed by atoms with Gasteiger partial charge < -0.3 is 4.74 Å². The summed E-state index contributed by atoms with van der Waals surface area (Å²) in [6.07, 6.45) is 1.22. The first-order valence-electron chi connectivity index (χ1n) is 6.29. The SMILES string of the molecule is COc1ccc(Cn2nc(C)c3cc(F)cnc32)cc1. The Bertz CT molecular complexity index is 750. The Balaban J connectivity index is 1.97. The van der Waals surface area contributed by atoms with Gasteiger partial charge in [-0.2, -0.15) is 5.10 Å². The predicted octanol–water partition coefficient (Wildman–Crippen LogP) is 2.94. The summed E-state index contributed by atoms with van der Waals surface area (Å²) in [5, 5.41) is 5.17. The van der Waals surface area contributed by atoms with E-state index in [4.69, 9.17) is 4.74 Å². The normalized spacial score (nSPS) is 10.9. The fourth-order valence-corrected chi connectivity index (χ4v) is 2.20. The Kier molecular flexibility index (Phi) is 3.10. The van der Waals surface area contributed by atoms with Crippen LogP contribution in [0.15, 0.2) is 36.5 Å². The number of pyridine rings is 1. The fraction of sp³-hybridized carbons (Fsp3) is 0.200. The minimum absolute atomic E-state index is 0.343. The van der Waals surface area contributed by atoms with E-state index in [0.717, 1.165) is 22.4 Å². The molecule has 0 fully saturated rings. The highest BCUT2D eigenvalue weighted by atomic mass is 19.1. The second-order valence-corrected chi connectivity index (χ2v) is 4.62. The molecule has 0 saturated carbocycles. The van der Waals surface area contributed by atoms with Gasteiger partial charge in [-0.3, -0.25) is 0 Å². The third-order valence-corrected chi connectivity index (χ3v) is 3.23. The van der Waals surface area contributed by atoms with Crippen LogP contribution < -0.4 is 4.74 Å². The van der Waals surface area contributed by atoms with Gasteiger partial charge in [-0.05, 0) is 30.7 Å². The number of nitrogens with zero attached hydrogens (tertiary/aromatic N) is 3. The van der Waals surface area contributed by atoms with E-state index in [-0.39, 0.29) is 5.82 Å². The van der Waals surface area contributed by atoms with Crippen LogP contribution in [-0.2, 0) is 6.54 Å². The molecule has 0 amide bonds. The molecule has 3 rings (SSSR count). The third-order valence-electron chi connectivity index (χ3n) is 3.23. The molecule has 0 spiro atoms. The average molecular weight is 271 g/mol. The topological polar surface area (TPSA) is 39.9 Å². The number of benzene rings is 1. The number of ether oxygens (including phenoxy) is 1. The van der Waals surface area contributed by atoms with Gasteiger partial charge in [0, 0.05) is 5.39 Å². The zero-order chi connectivity index (χ0) is 14.1. The van der Waals surface area contributed by atoms with Gasteiger partial charge in [0.1, 0.15) is 11.6 Å². The molecule has 2 aromatic heterocycles. The van der Waals surface area contributed by atoms with Crippen molar-refractivity contribution in [2.24, 2.45) is 0 Å². The highest BCUT2D eigenvalue weighted by Gasteiger charge is 2.10. The maximum absolute atomic E-state index is 13.2. The minimum atomic E-state index is -0.343. The largest absolute Gasteiger partial charge is 0.497 e. The Morgan fingerprint density at radius 1 is 1.25 bits per heavy atom. The summed E-state index contributed by atoms with van der Waals surface area (Å²) >= 11 is 0. The smallest absolute Gasteiger partial charge is 0.158 e. The number of methoxy groups -OCH3 is 1. The highest BCUT2D eigenvalue weighted by Crippen LogP contribution is 2.19. The maximum atomic E-state index is 13.2. The summed E-state index contributed by atoms with van der Waals surface area (Å²) < 4.78 is 20.1. The number of aryl methyl sites for hydroxylation is 1. The van der Waals surface area contributed by atoms with Gasteiger partial charge in [-0.1, -0.05) is 12.1 Å². The van der Waals surface area contributed by atoms with Crippen LogP contribution in [-0.4, -0.2) is 21.9 Å². The number of aromatic nitrogens is 3. The van der Waals surface area contributed by atoms with Crippen LogP contribution in [0, 0.1) is 12.7 Å². The van der Waals surface area contributed by atoms with E-state index in [1.807, 2.05) is 31.2 Å². The van der Waals surface area contributed by atoms with Gasteiger partial charge >= 0.3 is 0 Å². The molecule has 0 aliphatic heterocycles. The predicted molar refractivity (Wildman–Crippen MR) is 74.3 cm³/mol. The van der Waals surface area contributed by atoms with E-state index < -0.39 is 0 Å². The van der Waals surface area contributed by atoms with E-state index in [1.165, 1.54) is 12.3 Å². The lowest BCUT2D eigenvalue weighted by Crippen LogP contribution is -2.02. The molecule has 20 heavy (non-hydrogen) atoms. The Labute approximate surface area is 115 Å². The van der Waals surface area contributed by atoms with Gasteiger partial charge in [-0.15, -0.1) is 0 Å². The molecule has 4 nitrogen and oxygen atoms in total. The van der Waals surface area contributed by atoms with Crippen molar-refractivity contribution in [1.82, 2.24) is 14.8 Å². The van der Waals surface area contributed by atoms with Gasteiger partial charge in [0.2, 0.25) is 0 Å². The zero-order valence-corrected chi connectivity index (χ0v) is 11.3. The quantitative estimate of drug-likeness (QED) is 0.735. The van der Waals surface area contributed by atoms with Crippen LogP contribution in [0.25, 0.3) is 11.0 Å². The number of fused-ring (bicyclic) bond motifs is 1. The molecule has 1 aromatic carbocycles. The monoisotopic (exact) mass is 271 g/mol. The van der Waals surface area contributed by atoms with Crippen LogP contribution >= 0.6 is 0 Å². The molecule has 0 aliphatic rings. The fourth-order valence-electron chi connectivity index (χ4n) is 2.20. The lowest BCUT2D eigenvalue weighted by molar-refractivity contribution is 0.414. The number of rotatable bonds is 3. The van der Waals surface area contributed by atoms with E-state index >= 15 is 0 Å². The lowest BCUT2D eigenvalue weighted by Gasteiger charge is -2.04. The minimum Gasteiger partial charge on any atom is -0.497 e. The molecule has 0 bridgehead atoms. The summed E-state index contributed by atoms with van der Waals surface area (Å²) in [5.41, 5.74) is 2.56. The molecule has 2 heterocycles. The van der Waals surface area contributed by atoms with Crippen LogP contribution in [0.5, 0.6) is 5.75 Å². The van der Waals surface area contributed by atoms with E-state index in [2.05, 4.69) is 10.1 Å². The van der Waals surface area contributed by atoms with Crippen molar-refractivity contribution in [2.45, 2.75) is 13.5 Å². The van der Waals surface area contributed by atoms with E-state index in [9.17, 15) is 4.39 Å². The summed E-state index contributed by atoms with van der Waals surface area (Å²) in [5.74, 6) is 0.472. The summed E-state index contributed by atoms with van der Waals surface area (Å²) in [4.78, 5) is 4.13. The molecule has 5 heteroatoms. The Morgan fingerprint density at radius 2 is 2.00 bits per heavy atom. The van der Waals surface area contributed by atoms with Crippen molar-refractivity contribution in [3.8, 4) is 5.75 Å². The van der Waals surface area contributed by atoms with Gasteiger partial charge in [-0.25, -0.2) is 14.1 Å². The van der Waals surface area contributed by atoms with Gasteiger partial charge in [0.05, 0.1) is 25.5 Å². The lowest BCUT2D eigenvalue weighted by atomic mass is 10.2. The second-order valence-electron chi connectivity index (χ2n) is 4.62. The first kappa shape index (κ1) is 12.6. The maximum Gasteiger partial charge on any atom is 0.158 e. The molecular weight excluding hydrogens is 257 g/mol. The van der Waals surface area contributed by atoms with Crippen LogP contribution in [0.4, 0.5) is 4.39 Å². The van der Waals surface area contributed by atoms with Crippen molar-refractivity contribution in [3.05, 3.63) is 53.6 Å². The first-order chi connectivity index (χ1) is 9.67. The van der Waals surface area contributed by atoms with Crippen LogP contribution in [0.2, 0.25) is 0 Å². The molecule has 0 radical (unpaired) electrons. The molecule has 0 aliphatic carbocycles. The first-order valence-corrected chi connectivity index (χ1v) is 6.29. The average Bonchev–Trinajstić information content (AvgIpc) is 2.76. The molecule has 0 saturated heterocycles. The number of halogens is 1. The standard InChI is InChI=1S/C15H14FN3O/c1-10-14-7-12(16)8-17-15(14)19(18-10)9-11-3-5-13(20-2)6-4-11/h3-8H,9H2,1-2H3. The van der Waals surface area contributed by atoms with E-state index in [1.54, 1.807) is 11.8 Å². The van der Waals surface area contributed by atoms with Crippen LogP contribution in [0.1, 0.15) is 11.3 Å².